The maximum Gasteiger partial charge on any atom is 0.143 e. The number of rotatable bonds is 3. The third kappa shape index (κ3) is 1.87. The molecule has 2 aromatic heterocycles. The summed E-state index contributed by atoms with van der Waals surface area (Å²) in [5.41, 5.74) is 9.58. The third-order valence-corrected chi connectivity index (χ3v) is 3.37. The number of fused-ring (bicyclic) bond motifs is 1. The van der Waals surface area contributed by atoms with Crippen molar-refractivity contribution < 1.29 is 4.74 Å². The Morgan fingerprint density at radius 3 is 2.90 bits per heavy atom. The zero-order valence-electron chi connectivity index (χ0n) is 11.5. The van der Waals surface area contributed by atoms with Gasteiger partial charge >= 0.3 is 0 Å². The molecule has 3 aromatic rings. The average Bonchev–Trinajstić information content (AvgIpc) is 2.86. The van der Waals surface area contributed by atoms with E-state index in [2.05, 4.69) is 21.5 Å². The summed E-state index contributed by atoms with van der Waals surface area (Å²) in [6, 6.07) is 7.56. The van der Waals surface area contributed by atoms with Crippen LogP contribution in [0.1, 0.15) is 6.92 Å². The SMILES string of the molecule is CCn1c(-c2cc(OC)ccc2N)nc2cnccc21. The smallest absolute Gasteiger partial charge is 0.143 e. The second-order valence-electron chi connectivity index (χ2n) is 4.50. The summed E-state index contributed by atoms with van der Waals surface area (Å²) in [6.07, 6.45) is 3.54. The van der Waals surface area contributed by atoms with Gasteiger partial charge in [-0.3, -0.25) is 4.98 Å². The standard InChI is InChI=1S/C15H16N4O/c1-3-19-14-6-7-17-9-13(14)18-15(19)11-8-10(20-2)4-5-12(11)16/h4-9H,3,16H2,1-2H3. The van der Waals surface area contributed by atoms with Gasteiger partial charge in [0.15, 0.2) is 0 Å². The van der Waals surface area contributed by atoms with Crippen molar-refractivity contribution in [2.24, 2.45) is 0 Å². The van der Waals surface area contributed by atoms with E-state index < -0.39 is 0 Å². The van der Waals surface area contributed by atoms with Gasteiger partial charge in [-0.1, -0.05) is 0 Å². The van der Waals surface area contributed by atoms with E-state index in [-0.39, 0.29) is 0 Å². The number of nitrogen functional groups attached to an aromatic ring is 1. The van der Waals surface area contributed by atoms with Crippen molar-refractivity contribution >= 4 is 16.7 Å². The van der Waals surface area contributed by atoms with Gasteiger partial charge < -0.3 is 15.0 Å². The second kappa shape index (κ2) is 4.85. The molecule has 0 aliphatic rings. The van der Waals surface area contributed by atoms with Gasteiger partial charge in [-0.05, 0) is 31.2 Å². The molecule has 102 valence electrons. The average molecular weight is 268 g/mol. The molecule has 20 heavy (non-hydrogen) atoms. The lowest BCUT2D eigenvalue weighted by molar-refractivity contribution is 0.415. The summed E-state index contributed by atoms with van der Waals surface area (Å²) in [5.74, 6) is 1.61. The number of hydrogen-bond donors (Lipinski definition) is 1. The quantitative estimate of drug-likeness (QED) is 0.742. The molecule has 0 saturated carbocycles. The minimum absolute atomic E-state index is 0.684. The summed E-state index contributed by atoms with van der Waals surface area (Å²) in [6.45, 7) is 2.90. The Morgan fingerprint density at radius 1 is 1.30 bits per heavy atom. The van der Waals surface area contributed by atoms with E-state index in [4.69, 9.17) is 10.5 Å². The van der Waals surface area contributed by atoms with Crippen LogP contribution in [-0.2, 0) is 6.54 Å². The Morgan fingerprint density at radius 2 is 2.15 bits per heavy atom. The van der Waals surface area contributed by atoms with E-state index in [0.717, 1.165) is 34.7 Å². The molecule has 0 fully saturated rings. The summed E-state index contributed by atoms with van der Waals surface area (Å²) >= 11 is 0. The number of nitrogens with two attached hydrogens (primary N) is 1. The molecule has 0 bridgehead atoms. The largest absolute Gasteiger partial charge is 0.497 e. The minimum Gasteiger partial charge on any atom is -0.497 e. The Balaban J connectivity index is 2.28. The highest BCUT2D eigenvalue weighted by Crippen LogP contribution is 2.31. The highest BCUT2D eigenvalue weighted by molar-refractivity contribution is 5.83. The van der Waals surface area contributed by atoms with E-state index >= 15 is 0 Å². The van der Waals surface area contributed by atoms with Gasteiger partial charge in [-0.2, -0.15) is 0 Å². The monoisotopic (exact) mass is 268 g/mol. The summed E-state index contributed by atoms with van der Waals surface area (Å²) in [7, 11) is 1.64. The lowest BCUT2D eigenvalue weighted by Crippen LogP contribution is -2.00. The molecule has 0 aliphatic heterocycles. The fourth-order valence-corrected chi connectivity index (χ4v) is 2.36. The first-order chi connectivity index (χ1) is 9.74. The van der Waals surface area contributed by atoms with Crippen LogP contribution in [0, 0.1) is 0 Å². The number of aromatic nitrogens is 3. The molecule has 5 nitrogen and oxygen atoms in total. The van der Waals surface area contributed by atoms with Gasteiger partial charge in [-0.25, -0.2) is 4.98 Å². The van der Waals surface area contributed by atoms with Gasteiger partial charge in [0, 0.05) is 24.0 Å². The molecular formula is C15H16N4O. The van der Waals surface area contributed by atoms with Crippen LogP contribution in [0.2, 0.25) is 0 Å². The normalized spacial score (nSPS) is 10.9. The van der Waals surface area contributed by atoms with Crippen molar-refractivity contribution in [3.05, 3.63) is 36.7 Å². The van der Waals surface area contributed by atoms with Crippen molar-refractivity contribution in [1.29, 1.82) is 0 Å². The van der Waals surface area contributed by atoms with E-state index in [1.54, 1.807) is 19.5 Å². The molecule has 5 heteroatoms. The van der Waals surface area contributed by atoms with Crippen LogP contribution in [0.5, 0.6) is 5.75 Å². The van der Waals surface area contributed by atoms with E-state index in [9.17, 15) is 0 Å². The molecule has 0 amide bonds. The number of pyridine rings is 1. The van der Waals surface area contributed by atoms with Crippen LogP contribution < -0.4 is 10.5 Å². The Kier molecular flexibility index (Phi) is 3.02. The lowest BCUT2D eigenvalue weighted by Gasteiger charge is -2.10. The van der Waals surface area contributed by atoms with Crippen LogP contribution in [-0.4, -0.2) is 21.6 Å². The Hall–Kier alpha value is -2.56. The summed E-state index contributed by atoms with van der Waals surface area (Å²) in [5, 5.41) is 0. The number of anilines is 1. The van der Waals surface area contributed by atoms with Crippen molar-refractivity contribution in [2.45, 2.75) is 13.5 Å². The number of methoxy groups -OCH3 is 1. The zero-order chi connectivity index (χ0) is 14.1. The molecule has 2 N–H and O–H groups in total. The van der Waals surface area contributed by atoms with Crippen molar-refractivity contribution in [2.75, 3.05) is 12.8 Å². The topological polar surface area (TPSA) is 66.0 Å². The molecule has 0 aliphatic carbocycles. The van der Waals surface area contributed by atoms with E-state index in [1.807, 2.05) is 24.3 Å². The summed E-state index contributed by atoms with van der Waals surface area (Å²) in [4.78, 5) is 8.77. The molecule has 2 heterocycles. The van der Waals surface area contributed by atoms with Crippen LogP contribution in [0.15, 0.2) is 36.7 Å². The van der Waals surface area contributed by atoms with Gasteiger partial charge in [0.1, 0.15) is 17.1 Å². The second-order valence-corrected chi connectivity index (χ2v) is 4.50. The van der Waals surface area contributed by atoms with Crippen LogP contribution in [0.25, 0.3) is 22.4 Å². The molecule has 0 unspecified atom stereocenters. The first-order valence-electron chi connectivity index (χ1n) is 6.48. The van der Waals surface area contributed by atoms with Crippen LogP contribution in [0.3, 0.4) is 0 Å². The number of ether oxygens (including phenoxy) is 1. The van der Waals surface area contributed by atoms with E-state index in [1.165, 1.54) is 0 Å². The highest BCUT2D eigenvalue weighted by Gasteiger charge is 2.14. The van der Waals surface area contributed by atoms with Crippen molar-refractivity contribution in [3.63, 3.8) is 0 Å². The molecular weight excluding hydrogens is 252 g/mol. The number of hydrogen-bond acceptors (Lipinski definition) is 4. The number of benzene rings is 1. The maximum atomic E-state index is 6.10. The van der Waals surface area contributed by atoms with Crippen LogP contribution >= 0.6 is 0 Å². The molecule has 1 aromatic carbocycles. The minimum atomic E-state index is 0.684. The molecule has 0 atom stereocenters. The molecule has 0 radical (unpaired) electrons. The predicted octanol–water partition coefficient (Wildman–Crippen LogP) is 2.71. The fourth-order valence-electron chi connectivity index (χ4n) is 2.36. The number of aryl methyl sites for hydroxylation is 1. The lowest BCUT2D eigenvalue weighted by atomic mass is 10.1. The number of imidazole rings is 1. The fraction of sp³-hybridized carbons (Fsp3) is 0.200. The Labute approximate surface area is 117 Å². The van der Waals surface area contributed by atoms with Gasteiger partial charge in [-0.15, -0.1) is 0 Å². The van der Waals surface area contributed by atoms with Crippen molar-refractivity contribution in [1.82, 2.24) is 14.5 Å². The molecule has 0 saturated heterocycles. The molecule has 3 rings (SSSR count). The van der Waals surface area contributed by atoms with Crippen molar-refractivity contribution in [3.8, 4) is 17.1 Å². The van der Waals surface area contributed by atoms with Gasteiger partial charge in [0.2, 0.25) is 0 Å². The summed E-state index contributed by atoms with van der Waals surface area (Å²) < 4.78 is 7.40. The van der Waals surface area contributed by atoms with Gasteiger partial charge in [0.05, 0.1) is 18.8 Å². The molecule has 0 spiro atoms. The third-order valence-electron chi connectivity index (χ3n) is 3.37. The van der Waals surface area contributed by atoms with Crippen LogP contribution in [0.4, 0.5) is 5.69 Å². The van der Waals surface area contributed by atoms with Gasteiger partial charge in [0.25, 0.3) is 0 Å². The maximum absolute atomic E-state index is 6.10. The zero-order valence-corrected chi connectivity index (χ0v) is 11.5. The first kappa shape index (κ1) is 12.5. The number of nitrogens with zero attached hydrogens (tertiary/aromatic N) is 3. The Bertz CT molecular complexity index is 764. The first-order valence-corrected chi connectivity index (χ1v) is 6.48. The predicted molar refractivity (Wildman–Crippen MR) is 79.6 cm³/mol. The highest BCUT2D eigenvalue weighted by atomic mass is 16.5. The van der Waals surface area contributed by atoms with E-state index in [0.29, 0.717) is 5.69 Å².